The Morgan fingerprint density at radius 1 is 0.969 bits per heavy atom. The van der Waals surface area contributed by atoms with Gasteiger partial charge in [-0.2, -0.15) is 0 Å². The lowest BCUT2D eigenvalue weighted by Crippen LogP contribution is -2.29. The van der Waals surface area contributed by atoms with Crippen molar-refractivity contribution in [2.24, 2.45) is 5.92 Å². The predicted octanol–water partition coefficient (Wildman–Crippen LogP) is 6.76. The van der Waals surface area contributed by atoms with Crippen molar-refractivity contribution in [1.82, 2.24) is 5.32 Å². The highest BCUT2D eigenvalue weighted by molar-refractivity contribution is 5.83. The molecule has 3 atom stereocenters. The van der Waals surface area contributed by atoms with Crippen molar-refractivity contribution in [3.8, 4) is 5.75 Å². The zero-order valence-electron chi connectivity index (χ0n) is 19.8. The monoisotopic (exact) mass is 433 g/mol. The minimum Gasteiger partial charge on any atom is -0.494 e. The number of rotatable bonds is 9. The fourth-order valence-corrected chi connectivity index (χ4v) is 5.05. The number of amides is 1. The van der Waals surface area contributed by atoms with E-state index in [1.807, 2.05) is 13.8 Å². The molecule has 2 aromatic carbocycles. The van der Waals surface area contributed by atoms with Gasteiger partial charge in [-0.3, -0.25) is 4.79 Å². The number of aryl methyl sites for hydroxylation is 1. The van der Waals surface area contributed by atoms with Crippen LogP contribution in [0.3, 0.4) is 0 Å². The largest absolute Gasteiger partial charge is 0.494 e. The molecule has 3 nitrogen and oxygen atoms in total. The molecule has 32 heavy (non-hydrogen) atoms. The number of ether oxygens (including phenoxy) is 1. The quantitative estimate of drug-likeness (QED) is 0.443. The third-order valence-corrected chi connectivity index (χ3v) is 7.39. The van der Waals surface area contributed by atoms with Gasteiger partial charge in [-0.1, -0.05) is 49.2 Å². The number of hydrogen-bond donors (Lipinski definition) is 1. The number of benzene rings is 2. The zero-order valence-corrected chi connectivity index (χ0v) is 19.8. The first-order valence-corrected chi connectivity index (χ1v) is 12.7. The molecule has 0 aliphatic heterocycles. The first kappa shape index (κ1) is 22.9. The third kappa shape index (κ3) is 6.37. The van der Waals surface area contributed by atoms with E-state index >= 15 is 0 Å². The maximum absolute atomic E-state index is 12.4. The summed E-state index contributed by atoms with van der Waals surface area (Å²) in [6, 6.07) is 18.0. The van der Waals surface area contributed by atoms with E-state index in [0.29, 0.717) is 12.0 Å². The van der Waals surface area contributed by atoms with Crippen molar-refractivity contribution < 1.29 is 9.53 Å². The van der Waals surface area contributed by atoms with Crippen LogP contribution in [-0.4, -0.2) is 18.6 Å². The van der Waals surface area contributed by atoms with E-state index in [2.05, 4.69) is 53.8 Å². The summed E-state index contributed by atoms with van der Waals surface area (Å²) in [5.74, 6) is 2.57. The molecule has 1 amide bonds. The molecule has 0 radical (unpaired) electrons. The molecule has 2 aliphatic rings. The molecule has 2 saturated carbocycles. The Bertz CT molecular complexity index is 854. The van der Waals surface area contributed by atoms with Gasteiger partial charge in [-0.15, -0.1) is 0 Å². The predicted molar refractivity (Wildman–Crippen MR) is 131 cm³/mol. The summed E-state index contributed by atoms with van der Waals surface area (Å²) in [6.45, 7) is 4.77. The second-order valence-electron chi connectivity index (χ2n) is 9.86. The molecule has 172 valence electrons. The van der Waals surface area contributed by atoms with Gasteiger partial charge < -0.3 is 10.1 Å². The van der Waals surface area contributed by atoms with E-state index in [1.165, 1.54) is 49.7 Å². The van der Waals surface area contributed by atoms with Crippen molar-refractivity contribution in [1.29, 1.82) is 0 Å². The van der Waals surface area contributed by atoms with E-state index in [1.54, 1.807) is 0 Å². The van der Waals surface area contributed by atoms with Crippen LogP contribution in [-0.2, 0) is 11.2 Å². The molecule has 3 unspecified atom stereocenters. The first-order valence-electron chi connectivity index (χ1n) is 12.7. The van der Waals surface area contributed by atoms with E-state index in [-0.39, 0.29) is 11.8 Å². The topological polar surface area (TPSA) is 38.3 Å². The van der Waals surface area contributed by atoms with E-state index in [0.717, 1.165) is 43.1 Å². The minimum atomic E-state index is -0.0641. The maximum atomic E-state index is 12.4. The van der Waals surface area contributed by atoms with Gasteiger partial charge in [0.25, 0.3) is 0 Å². The molecule has 1 N–H and O–H groups in total. The molecular formula is C29H39NO2. The molecular weight excluding hydrogens is 394 g/mol. The van der Waals surface area contributed by atoms with Crippen LogP contribution in [0.4, 0.5) is 0 Å². The summed E-state index contributed by atoms with van der Waals surface area (Å²) < 4.78 is 5.56. The molecule has 0 bridgehead atoms. The zero-order chi connectivity index (χ0) is 22.3. The molecule has 0 spiro atoms. The summed E-state index contributed by atoms with van der Waals surface area (Å²) >= 11 is 0. The number of hydrogen-bond acceptors (Lipinski definition) is 2. The normalized spacial score (nSPS) is 22.1. The third-order valence-electron chi connectivity index (χ3n) is 7.39. The molecule has 4 rings (SSSR count). The van der Waals surface area contributed by atoms with Gasteiger partial charge in [0.15, 0.2) is 0 Å². The van der Waals surface area contributed by atoms with Crippen molar-refractivity contribution >= 4 is 5.91 Å². The number of carbonyl (C=O) groups excluding carboxylic acids is 1. The fourth-order valence-electron chi connectivity index (χ4n) is 5.05. The lowest BCUT2D eigenvalue weighted by atomic mass is 9.88. The second kappa shape index (κ2) is 11.0. The van der Waals surface area contributed by atoms with Crippen LogP contribution >= 0.6 is 0 Å². The molecule has 3 heteroatoms. The van der Waals surface area contributed by atoms with Crippen molar-refractivity contribution in [3.63, 3.8) is 0 Å². The van der Waals surface area contributed by atoms with Crippen LogP contribution in [0, 0.1) is 5.92 Å². The number of carbonyl (C=O) groups is 1. The summed E-state index contributed by atoms with van der Waals surface area (Å²) in [5.41, 5.74) is 4.01. The first-order chi connectivity index (χ1) is 15.6. The van der Waals surface area contributed by atoms with E-state index < -0.39 is 0 Å². The van der Waals surface area contributed by atoms with Crippen LogP contribution in [0.15, 0.2) is 48.5 Å². The summed E-state index contributed by atoms with van der Waals surface area (Å²) in [4.78, 5) is 12.4. The van der Waals surface area contributed by atoms with Gasteiger partial charge in [0.1, 0.15) is 5.75 Å². The van der Waals surface area contributed by atoms with Gasteiger partial charge in [0, 0.05) is 6.04 Å². The molecule has 2 aliphatic carbocycles. The van der Waals surface area contributed by atoms with Crippen LogP contribution in [0.5, 0.6) is 5.75 Å². The smallest absolute Gasteiger partial charge is 0.227 e. The van der Waals surface area contributed by atoms with Gasteiger partial charge in [-0.25, -0.2) is 0 Å². The molecule has 2 fully saturated rings. The Morgan fingerprint density at radius 3 is 2.41 bits per heavy atom. The van der Waals surface area contributed by atoms with Crippen LogP contribution in [0.1, 0.15) is 93.7 Å². The Hall–Kier alpha value is -2.29. The summed E-state index contributed by atoms with van der Waals surface area (Å²) in [7, 11) is 0. The van der Waals surface area contributed by atoms with Gasteiger partial charge in [0.05, 0.1) is 12.5 Å². The van der Waals surface area contributed by atoms with Crippen LogP contribution < -0.4 is 10.1 Å². The summed E-state index contributed by atoms with van der Waals surface area (Å²) in [5, 5.41) is 3.13. The minimum absolute atomic E-state index is 0.0641. The Morgan fingerprint density at radius 2 is 1.72 bits per heavy atom. The van der Waals surface area contributed by atoms with Crippen molar-refractivity contribution in [2.45, 2.75) is 89.5 Å². The highest BCUT2D eigenvalue weighted by Gasteiger charge is 2.26. The maximum Gasteiger partial charge on any atom is 0.227 e. The van der Waals surface area contributed by atoms with Crippen LogP contribution in [0.2, 0.25) is 0 Å². The average molecular weight is 434 g/mol. The SMILES string of the molecule is CCOc1ccc(CCC2CCCC(c3ccc(C(C)C(=O)NC4CC4)cc3)CC2)cc1. The van der Waals surface area contributed by atoms with Gasteiger partial charge in [-0.05, 0) is 99.5 Å². The lowest BCUT2D eigenvalue weighted by molar-refractivity contribution is -0.122. The Balaban J connectivity index is 1.25. The molecule has 0 heterocycles. The lowest BCUT2D eigenvalue weighted by Gasteiger charge is -2.17. The highest BCUT2D eigenvalue weighted by atomic mass is 16.5. The van der Waals surface area contributed by atoms with Gasteiger partial charge in [0.2, 0.25) is 5.91 Å². The van der Waals surface area contributed by atoms with Crippen molar-refractivity contribution in [3.05, 3.63) is 65.2 Å². The van der Waals surface area contributed by atoms with Crippen molar-refractivity contribution in [2.75, 3.05) is 6.61 Å². The number of nitrogens with one attached hydrogen (secondary N) is 1. The average Bonchev–Trinajstić information content (AvgIpc) is 3.65. The molecule has 0 aromatic heterocycles. The second-order valence-corrected chi connectivity index (χ2v) is 9.86. The van der Waals surface area contributed by atoms with E-state index in [9.17, 15) is 4.79 Å². The molecule has 0 saturated heterocycles. The molecule has 2 aromatic rings. The fraction of sp³-hybridized carbons (Fsp3) is 0.552. The highest BCUT2D eigenvalue weighted by Crippen LogP contribution is 2.36. The van der Waals surface area contributed by atoms with Crippen LogP contribution in [0.25, 0.3) is 0 Å². The Labute approximate surface area is 194 Å². The summed E-state index contributed by atoms with van der Waals surface area (Å²) in [6.07, 6.45) is 11.3. The van der Waals surface area contributed by atoms with Gasteiger partial charge >= 0.3 is 0 Å². The standard InChI is InChI=1S/C29H39NO2/c1-3-32-28-19-10-23(11-20-28)8-7-22-5-4-6-25(12-9-22)26-15-13-24(14-16-26)21(2)29(31)30-27-17-18-27/h10-11,13-16,19-22,25,27H,3-9,12,17-18H2,1-2H3,(H,30,31). The van der Waals surface area contributed by atoms with E-state index in [4.69, 9.17) is 4.74 Å². The Kier molecular flexibility index (Phi) is 7.89.